The van der Waals surface area contributed by atoms with Crippen LogP contribution in [0.4, 0.5) is 5.82 Å². The second-order valence-electron chi connectivity index (χ2n) is 7.69. The minimum Gasteiger partial charge on any atom is -0.466 e. The van der Waals surface area contributed by atoms with E-state index in [4.69, 9.17) is 15.2 Å². The fourth-order valence-electron chi connectivity index (χ4n) is 3.77. The number of ketones is 1. The lowest BCUT2D eigenvalue weighted by atomic mass is 9.96. The van der Waals surface area contributed by atoms with Gasteiger partial charge < -0.3 is 25.4 Å². The number of aliphatic hydroxyl groups is 2. The van der Waals surface area contributed by atoms with E-state index in [9.17, 15) is 24.6 Å². The van der Waals surface area contributed by atoms with Gasteiger partial charge in [0.25, 0.3) is 0 Å². The molecule has 2 heterocycles. The van der Waals surface area contributed by atoms with Crippen LogP contribution in [0.1, 0.15) is 42.1 Å². The Hall–Kier alpha value is -3.08. The summed E-state index contributed by atoms with van der Waals surface area (Å²) < 4.78 is 11.8. The maximum Gasteiger partial charge on any atom is 0.352 e. The van der Waals surface area contributed by atoms with Crippen LogP contribution in [-0.4, -0.2) is 56.9 Å². The van der Waals surface area contributed by atoms with E-state index in [1.54, 1.807) is 30.3 Å². The summed E-state index contributed by atoms with van der Waals surface area (Å²) in [4.78, 5) is 41.1. The summed E-state index contributed by atoms with van der Waals surface area (Å²) in [5.41, 5.74) is 4.05. The van der Waals surface area contributed by atoms with Crippen molar-refractivity contribution in [3.05, 3.63) is 58.1 Å². The number of carbonyl (C=O) groups excluding carboxylic acids is 2. The number of nitrogens with zero attached hydrogens (tertiary/aromatic N) is 2. The lowest BCUT2D eigenvalue weighted by Crippen LogP contribution is -2.49. The molecule has 32 heavy (non-hydrogen) atoms. The zero-order valence-corrected chi connectivity index (χ0v) is 17.8. The van der Waals surface area contributed by atoms with Crippen LogP contribution < -0.4 is 11.4 Å². The molecule has 0 spiro atoms. The molecule has 0 bridgehead atoms. The first kappa shape index (κ1) is 23.6. The predicted octanol–water partition coefficient (Wildman–Crippen LogP) is 0.389. The first-order valence-corrected chi connectivity index (χ1v) is 10.4. The van der Waals surface area contributed by atoms with Crippen LogP contribution in [0.15, 0.2) is 41.3 Å². The average Bonchev–Trinajstić information content (AvgIpc) is 3.11. The van der Waals surface area contributed by atoms with Crippen molar-refractivity contribution in [2.75, 3.05) is 18.9 Å². The van der Waals surface area contributed by atoms with Gasteiger partial charge in [0, 0.05) is 30.7 Å². The molecule has 1 aromatic carbocycles. The Bertz CT molecular complexity index is 1020. The van der Waals surface area contributed by atoms with Gasteiger partial charge in [0.2, 0.25) is 11.5 Å². The minimum atomic E-state index is -1.88. The summed E-state index contributed by atoms with van der Waals surface area (Å²) >= 11 is 0. The molecule has 1 aliphatic rings. The van der Waals surface area contributed by atoms with E-state index in [1.807, 2.05) is 0 Å². The fourth-order valence-corrected chi connectivity index (χ4v) is 3.77. The van der Waals surface area contributed by atoms with E-state index < -0.39 is 36.0 Å². The van der Waals surface area contributed by atoms with Crippen molar-refractivity contribution >= 4 is 17.6 Å². The third kappa shape index (κ3) is 4.87. The number of nitrogens with two attached hydrogens (primary N) is 1. The van der Waals surface area contributed by atoms with Crippen LogP contribution >= 0.6 is 0 Å². The largest absolute Gasteiger partial charge is 0.466 e. The Balaban J connectivity index is 1.97. The number of Topliss-reactive ketones (excluding diaryl/α,β-unsaturated/α-hetero) is 1. The van der Waals surface area contributed by atoms with Gasteiger partial charge in [-0.2, -0.15) is 4.98 Å². The van der Waals surface area contributed by atoms with Crippen molar-refractivity contribution < 1.29 is 29.3 Å². The predicted molar refractivity (Wildman–Crippen MR) is 114 cm³/mol. The van der Waals surface area contributed by atoms with E-state index in [0.717, 1.165) is 4.57 Å². The van der Waals surface area contributed by atoms with Crippen LogP contribution in [0.2, 0.25) is 0 Å². The molecule has 0 amide bonds. The molecule has 10 heteroatoms. The highest BCUT2D eigenvalue weighted by Crippen LogP contribution is 2.37. The van der Waals surface area contributed by atoms with Gasteiger partial charge in [0.1, 0.15) is 11.9 Å². The van der Waals surface area contributed by atoms with Gasteiger partial charge >= 0.3 is 11.7 Å². The number of hydrogen-bond acceptors (Lipinski definition) is 9. The van der Waals surface area contributed by atoms with Crippen LogP contribution in [-0.2, 0) is 26.4 Å². The minimum absolute atomic E-state index is 0.0262. The molecule has 1 aliphatic heterocycles. The van der Waals surface area contributed by atoms with Crippen LogP contribution in [0.3, 0.4) is 0 Å². The van der Waals surface area contributed by atoms with Gasteiger partial charge in [-0.05, 0) is 19.3 Å². The molecule has 0 saturated carbocycles. The van der Waals surface area contributed by atoms with Gasteiger partial charge in [-0.3, -0.25) is 14.2 Å². The summed E-state index contributed by atoms with van der Waals surface area (Å²) in [5.74, 6) is -0.877. The number of nitrogen functional groups attached to an aromatic ring is 1. The Morgan fingerprint density at radius 1 is 1.31 bits per heavy atom. The molecule has 1 fully saturated rings. The maximum atomic E-state index is 13.5. The van der Waals surface area contributed by atoms with Gasteiger partial charge in [0.05, 0.1) is 19.3 Å². The number of anilines is 1. The SMILES string of the molecule is CC(=O)OCCCCc1cn([C@@]2(C(=O)c3ccccc3)C[C@H](O)[C@@H](CO)O2)c(=O)nc1N. The van der Waals surface area contributed by atoms with Crippen molar-refractivity contribution in [1.29, 1.82) is 0 Å². The molecule has 3 rings (SSSR count). The summed E-state index contributed by atoms with van der Waals surface area (Å²) in [7, 11) is 0. The van der Waals surface area contributed by atoms with Crippen LogP contribution in [0, 0.1) is 0 Å². The van der Waals surface area contributed by atoms with E-state index >= 15 is 0 Å². The number of benzene rings is 1. The molecule has 172 valence electrons. The van der Waals surface area contributed by atoms with Gasteiger partial charge in [-0.25, -0.2) is 4.79 Å². The Morgan fingerprint density at radius 2 is 2.03 bits per heavy atom. The third-order valence-corrected chi connectivity index (χ3v) is 5.40. The fraction of sp³-hybridized carbons (Fsp3) is 0.455. The van der Waals surface area contributed by atoms with Crippen molar-refractivity contribution in [2.45, 2.75) is 50.5 Å². The quantitative estimate of drug-likeness (QED) is 0.282. The molecule has 0 aliphatic carbocycles. The number of rotatable bonds is 9. The van der Waals surface area contributed by atoms with Gasteiger partial charge in [0.15, 0.2) is 0 Å². The third-order valence-electron chi connectivity index (χ3n) is 5.40. The maximum absolute atomic E-state index is 13.5. The molecule has 3 atom stereocenters. The van der Waals surface area contributed by atoms with Crippen molar-refractivity contribution in [2.24, 2.45) is 0 Å². The number of aliphatic hydroxyl groups excluding tert-OH is 2. The average molecular weight is 445 g/mol. The molecule has 0 unspecified atom stereocenters. The molecule has 1 saturated heterocycles. The zero-order valence-electron chi connectivity index (χ0n) is 17.8. The highest BCUT2D eigenvalue weighted by atomic mass is 16.6. The number of hydrogen-bond donors (Lipinski definition) is 3. The molecule has 4 N–H and O–H groups in total. The van der Waals surface area contributed by atoms with E-state index in [1.165, 1.54) is 13.1 Å². The Labute approximate surface area is 184 Å². The first-order valence-electron chi connectivity index (χ1n) is 10.4. The van der Waals surface area contributed by atoms with Crippen LogP contribution in [0.25, 0.3) is 0 Å². The first-order chi connectivity index (χ1) is 15.3. The summed E-state index contributed by atoms with van der Waals surface area (Å²) in [5, 5.41) is 20.0. The number of aromatic nitrogens is 2. The molecular formula is C22H27N3O7. The van der Waals surface area contributed by atoms with Gasteiger partial charge in [-0.1, -0.05) is 30.3 Å². The van der Waals surface area contributed by atoms with E-state index in [2.05, 4.69) is 4.98 Å². The second-order valence-corrected chi connectivity index (χ2v) is 7.69. The van der Waals surface area contributed by atoms with E-state index in [0.29, 0.717) is 24.8 Å². The molecular weight excluding hydrogens is 418 g/mol. The lowest BCUT2D eigenvalue weighted by molar-refractivity contribution is -0.141. The summed E-state index contributed by atoms with van der Waals surface area (Å²) in [6, 6.07) is 8.26. The smallest absolute Gasteiger partial charge is 0.352 e. The topological polar surface area (TPSA) is 154 Å². The molecule has 0 radical (unpaired) electrons. The number of aryl methyl sites for hydroxylation is 1. The van der Waals surface area contributed by atoms with Gasteiger partial charge in [-0.15, -0.1) is 0 Å². The lowest BCUT2D eigenvalue weighted by Gasteiger charge is -2.30. The Kier molecular flexibility index (Phi) is 7.39. The van der Waals surface area contributed by atoms with Crippen molar-refractivity contribution in [3.8, 4) is 0 Å². The second kappa shape index (κ2) is 10.0. The van der Waals surface area contributed by atoms with E-state index in [-0.39, 0.29) is 30.4 Å². The number of unbranched alkanes of at least 4 members (excludes halogenated alkanes) is 1. The summed E-state index contributed by atoms with van der Waals surface area (Å²) in [6.45, 7) is 1.06. The Morgan fingerprint density at radius 3 is 2.66 bits per heavy atom. The number of ether oxygens (including phenoxy) is 2. The number of esters is 1. The molecule has 2 aromatic rings. The molecule has 1 aromatic heterocycles. The highest BCUT2D eigenvalue weighted by molar-refractivity contribution is 6.01. The van der Waals surface area contributed by atoms with Crippen molar-refractivity contribution in [3.63, 3.8) is 0 Å². The number of carbonyl (C=O) groups is 2. The monoisotopic (exact) mass is 445 g/mol. The summed E-state index contributed by atoms with van der Waals surface area (Å²) in [6.07, 6.45) is 0.576. The zero-order chi connectivity index (χ0) is 23.3. The van der Waals surface area contributed by atoms with Crippen LogP contribution in [0.5, 0.6) is 0 Å². The standard InChI is InChI=1S/C22H27N3O7/c1-14(27)31-10-6-5-9-16-12-25(21(30)24-20(16)23)22(11-17(28)18(13-26)32-22)19(29)15-7-3-2-4-8-15/h2-4,7-8,12,17-18,26,28H,5-6,9-11,13H2,1H3,(H2,23,24,30)/t17-,18+,22-/m0/s1. The highest BCUT2D eigenvalue weighted by Gasteiger charge is 2.53. The normalized spacial score (nSPS) is 22.6. The molecule has 10 nitrogen and oxygen atoms in total. The van der Waals surface area contributed by atoms with Crippen molar-refractivity contribution in [1.82, 2.24) is 9.55 Å².